The predicted molar refractivity (Wildman–Crippen MR) is 83.5 cm³/mol. The van der Waals surface area contributed by atoms with Crippen molar-refractivity contribution in [3.63, 3.8) is 0 Å². The van der Waals surface area contributed by atoms with Crippen molar-refractivity contribution < 1.29 is 19.2 Å². The van der Waals surface area contributed by atoms with Crippen molar-refractivity contribution in [2.45, 2.75) is 19.9 Å². The standard InChI is InChI=1S/C16H17N3O4/c1-10(2)18-7-8-19(16(18)22)12-5-3-11(4-6-12)13-9-14(15(20)21)23-17-13/h3-6,9-10H,7-8H2,1-2H3,(H,20,21). The summed E-state index contributed by atoms with van der Waals surface area (Å²) in [5.74, 6) is -1.36. The number of carboxylic acids is 1. The summed E-state index contributed by atoms with van der Waals surface area (Å²) in [6.45, 7) is 5.36. The predicted octanol–water partition coefficient (Wildman–Crippen LogP) is 2.69. The molecule has 0 atom stereocenters. The van der Waals surface area contributed by atoms with Crippen LogP contribution in [0.3, 0.4) is 0 Å². The molecular weight excluding hydrogens is 298 g/mol. The monoisotopic (exact) mass is 315 g/mol. The van der Waals surface area contributed by atoms with Crippen LogP contribution in [0, 0.1) is 0 Å². The lowest BCUT2D eigenvalue weighted by molar-refractivity contribution is 0.0652. The Kier molecular flexibility index (Phi) is 3.77. The fraction of sp³-hybridized carbons (Fsp3) is 0.312. The van der Waals surface area contributed by atoms with E-state index < -0.39 is 5.97 Å². The number of aromatic nitrogens is 1. The first-order chi connectivity index (χ1) is 11.0. The smallest absolute Gasteiger partial charge is 0.374 e. The van der Waals surface area contributed by atoms with E-state index in [1.54, 1.807) is 17.0 Å². The maximum Gasteiger partial charge on any atom is 0.374 e. The van der Waals surface area contributed by atoms with Gasteiger partial charge in [0.05, 0.1) is 0 Å². The summed E-state index contributed by atoms with van der Waals surface area (Å²) in [5, 5.41) is 12.6. The van der Waals surface area contributed by atoms with Crippen LogP contribution in [0.5, 0.6) is 0 Å². The van der Waals surface area contributed by atoms with Gasteiger partial charge in [0.1, 0.15) is 5.69 Å². The number of rotatable bonds is 4. The molecule has 2 amide bonds. The van der Waals surface area contributed by atoms with Crippen molar-refractivity contribution in [1.29, 1.82) is 0 Å². The molecule has 1 aromatic heterocycles. The molecule has 7 heteroatoms. The molecule has 0 spiro atoms. The van der Waals surface area contributed by atoms with Gasteiger partial charge in [0.15, 0.2) is 0 Å². The molecular formula is C16H17N3O4. The second-order valence-electron chi connectivity index (χ2n) is 5.65. The van der Waals surface area contributed by atoms with Gasteiger partial charge < -0.3 is 14.5 Å². The van der Waals surface area contributed by atoms with E-state index in [1.807, 2.05) is 30.9 Å². The van der Waals surface area contributed by atoms with Crippen molar-refractivity contribution in [3.8, 4) is 11.3 Å². The molecule has 7 nitrogen and oxygen atoms in total. The number of hydrogen-bond donors (Lipinski definition) is 1. The maximum atomic E-state index is 12.3. The van der Waals surface area contributed by atoms with Gasteiger partial charge in [-0.25, -0.2) is 9.59 Å². The molecule has 1 aromatic carbocycles. The molecule has 3 rings (SSSR count). The van der Waals surface area contributed by atoms with Crippen LogP contribution < -0.4 is 4.90 Å². The summed E-state index contributed by atoms with van der Waals surface area (Å²) in [6.07, 6.45) is 0. The van der Waals surface area contributed by atoms with Crippen LogP contribution in [0.4, 0.5) is 10.5 Å². The molecule has 0 radical (unpaired) electrons. The number of hydrogen-bond acceptors (Lipinski definition) is 4. The second kappa shape index (κ2) is 5.75. The minimum Gasteiger partial charge on any atom is -0.475 e. The van der Waals surface area contributed by atoms with Gasteiger partial charge in [0.2, 0.25) is 5.76 Å². The van der Waals surface area contributed by atoms with Gasteiger partial charge in [-0.15, -0.1) is 0 Å². The number of benzene rings is 1. The van der Waals surface area contributed by atoms with Gasteiger partial charge >= 0.3 is 12.0 Å². The topological polar surface area (TPSA) is 86.9 Å². The summed E-state index contributed by atoms with van der Waals surface area (Å²) in [6, 6.07) is 8.80. The van der Waals surface area contributed by atoms with Crippen molar-refractivity contribution in [1.82, 2.24) is 10.1 Å². The van der Waals surface area contributed by atoms with E-state index in [0.717, 1.165) is 11.3 Å². The van der Waals surface area contributed by atoms with Crippen molar-refractivity contribution in [2.24, 2.45) is 0 Å². The maximum absolute atomic E-state index is 12.3. The normalized spacial score (nSPS) is 14.8. The average Bonchev–Trinajstić information content (AvgIpc) is 3.14. The van der Waals surface area contributed by atoms with Crippen molar-refractivity contribution in [2.75, 3.05) is 18.0 Å². The number of urea groups is 1. The van der Waals surface area contributed by atoms with Gasteiger partial charge in [-0.05, 0) is 26.0 Å². The Balaban J connectivity index is 1.79. The van der Waals surface area contributed by atoms with E-state index in [4.69, 9.17) is 9.63 Å². The van der Waals surface area contributed by atoms with E-state index in [9.17, 15) is 9.59 Å². The second-order valence-corrected chi connectivity index (χ2v) is 5.65. The van der Waals surface area contributed by atoms with E-state index in [-0.39, 0.29) is 17.8 Å². The largest absolute Gasteiger partial charge is 0.475 e. The van der Waals surface area contributed by atoms with Gasteiger partial charge in [-0.2, -0.15) is 0 Å². The number of carboxylic acid groups (broad SMARTS) is 1. The summed E-state index contributed by atoms with van der Waals surface area (Å²) < 4.78 is 4.75. The highest BCUT2D eigenvalue weighted by Gasteiger charge is 2.30. The lowest BCUT2D eigenvalue weighted by atomic mass is 10.1. The third-order valence-electron chi connectivity index (χ3n) is 3.86. The Morgan fingerprint density at radius 1 is 1.26 bits per heavy atom. The minimum absolute atomic E-state index is 0.00218. The van der Waals surface area contributed by atoms with E-state index in [1.165, 1.54) is 6.07 Å². The molecule has 1 N–H and O–H groups in total. The number of carbonyl (C=O) groups excluding carboxylic acids is 1. The first kappa shape index (κ1) is 15.1. The molecule has 2 heterocycles. The molecule has 0 saturated carbocycles. The first-order valence-corrected chi connectivity index (χ1v) is 7.36. The molecule has 1 aliphatic rings. The highest BCUT2D eigenvalue weighted by Crippen LogP contribution is 2.26. The Morgan fingerprint density at radius 2 is 1.96 bits per heavy atom. The quantitative estimate of drug-likeness (QED) is 0.937. The molecule has 0 bridgehead atoms. The Hall–Kier alpha value is -2.83. The summed E-state index contributed by atoms with van der Waals surface area (Å²) in [4.78, 5) is 26.7. The zero-order chi connectivity index (χ0) is 16.6. The molecule has 23 heavy (non-hydrogen) atoms. The van der Waals surface area contributed by atoms with Crippen LogP contribution >= 0.6 is 0 Å². The molecule has 0 aliphatic carbocycles. The molecule has 1 saturated heterocycles. The zero-order valence-corrected chi connectivity index (χ0v) is 12.9. The lowest BCUT2D eigenvalue weighted by Crippen LogP contribution is -2.36. The van der Waals surface area contributed by atoms with Crippen LogP contribution in [0.15, 0.2) is 34.9 Å². The zero-order valence-electron chi connectivity index (χ0n) is 12.9. The van der Waals surface area contributed by atoms with Crippen LogP contribution in [0.1, 0.15) is 24.4 Å². The SMILES string of the molecule is CC(C)N1CCN(c2ccc(-c3cc(C(=O)O)on3)cc2)C1=O. The van der Waals surface area contributed by atoms with E-state index in [0.29, 0.717) is 18.8 Å². The Morgan fingerprint density at radius 3 is 2.48 bits per heavy atom. The van der Waals surface area contributed by atoms with Crippen LogP contribution in [-0.2, 0) is 0 Å². The number of amides is 2. The average molecular weight is 315 g/mol. The molecule has 2 aromatic rings. The summed E-state index contributed by atoms with van der Waals surface area (Å²) in [5.41, 5.74) is 1.99. The fourth-order valence-corrected chi connectivity index (χ4v) is 2.60. The highest BCUT2D eigenvalue weighted by atomic mass is 16.5. The lowest BCUT2D eigenvalue weighted by Gasteiger charge is -2.21. The van der Waals surface area contributed by atoms with E-state index in [2.05, 4.69) is 5.16 Å². The number of anilines is 1. The van der Waals surface area contributed by atoms with Crippen LogP contribution in [0.2, 0.25) is 0 Å². The summed E-state index contributed by atoms with van der Waals surface area (Å²) >= 11 is 0. The number of nitrogens with zero attached hydrogens (tertiary/aromatic N) is 3. The van der Waals surface area contributed by atoms with Crippen LogP contribution in [-0.4, -0.2) is 46.3 Å². The molecule has 1 fully saturated rings. The van der Waals surface area contributed by atoms with E-state index >= 15 is 0 Å². The molecule has 0 unspecified atom stereocenters. The Labute approximate surface area is 133 Å². The van der Waals surface area contributed by atoms with Crippen LogP contribution in [0.25, 0.3) is 11.3 Å². The minimum atomic E-state index is -1.16. The van der Waals surface area contributed by atoms with Crippen molar-refractivity contribution in [3.05, 3.63) is 36.1 Å². The molecule has 1 aliphatic heterocycles. The first-order valence-electron chi connectivity index (χ1n) is 7.36. The third kappa shape index (κ3) is 2.77. The van der Waals surface area contributed by atoms with Gasteiger partial charge in [0.25, 0.3) is 0 Å². The highest BCUT2D eigenvalue weighted by molar-refractivity contribution is 5.94. The molecule has 120 valence electrons. The summed E-state index contributed by atoms with van der Waals surface area (Å²) in [7, 11) is 0. The fourth-order valence-electron chi connectivity index (χ4n) is 2.60. The van der Waals surface area contributed by atoms with Gasteiger partial charge in [0, 0.05) is 36.4 Å². The van der Waals surface area contributed by atoms with Gasteiger partial charge in [-0.1, -0.05) is 17.3 Å². The van der Waals surface area contributed by atoms with Gasteiger partial charge in [-0.3, -0.25) is 4.90 Å². The number of carbonyl (C=O) groups is 2. The number of aromatic carboxylic acids is 1. The third-order valence-corrected chi connectivity index (χ3v) is 3.86. The van der Waals surface area contributed by atoms with Crippen molar-refractivity contribution >= 4 is 17.7 Å². The Bertz CT molecular complexity index is 736.